The normalized spacial score (nSPS) is 10.8. The fourth-order valence-electron chi connectivity index (χ4n) is 3.40. The van der Waals surface area contributed by atoms with Crippen LogP contribution in [0.4, 0.5) is 0 Å². The van der Waals surface area contributed by atoms with Gasteiger partial charge in [-0.15, -0.1) is 0 Å². The molecule has 3 heteroatoms. The van der Waals surface area contributed by atoms with Gasteiger partial charge in [-0.3, -0.25) is 0 Å². The molecule has 0 fully saturated rings. The van der Waals surface area contributed by atoms with E-state index in [9.17, 15) is 0 Å². The van der Waals surface area contributed by atoms with Gasteiger partial charge in [0.05, 0.1) is 14.2 Å². The smallest absolute Gasteiger partial charge is 0.126 e. The van der Waals surface area contributed by atoms with Crippen LogP contribution in [-0.4, -0.2) is 20.4 Å². The Hall–Kier alpha value is -2.31. The van der Waals surface area contributed by atoms with Crippen LogP contribution in [0.15, 0.2) is 72.8 Å². The molecule has 0 saturated carbocycles. The molecule has 3 rings (SSSR count). The van der Waals surface area contributed by atoms with Gasteiger partial charge in [-0.25, -0.2) is 0 Å². The monoisotopic (exact) mass is 378 g/mol. The van der Waals surface area contributed by atoms with Crippen LogP contribution in [0.25, 0.3) is 0 Å². The van der Waals surface area contributed by atoms with Crippen molar-refractivity contribution in [3.8, 4) is 11.5 Å². The Labute approximate surface area is 163 Å². The first-order valence-electron chi connectivity index (χ1n) is 9.38. The third-order valence-corrected chi connectivity index (χ3v) is 7.29. The average Bonchev–Trinajstić information content (AvgIpc) is 2.74. The van der Waals surface area contributed by atoms with Crippen LogP contribution in [0.1, 0.15) is 18.1 Å². The highest BCUT2D eigenvalue weighted by molar-refractivity contribution is 7.73. The summed E-state index contributed by atoms with van der Waals surface area (Å²) in [5.74, 6) is 1.85. The molecule has 0 aliphatic carbocycles. The Balaban J connectivity index is 1.88. The number of hydrogen-bond donors (Lipinski definition) is 0. The Morgan fingerprint density at radius 1 is 0.741 bits per heavy atom. The third kappa shape index (κ3) is 4.70. The zero-order valence-electron chi connectivity index (χ0n) is 16.3. The molecule has 3 aromatic rings. The molecule has 0 aromatic heterocycles. The van der Waals surface area contributed by atoms with Crippen molar-refractivity contribution in [2.45, 2.75) is 19.8 Å². The van der Waals surface area contributed by atoms with Crippen LogP contribution < -0.4 is 20.1 Å². The Morgan fingerprint density at radius 3 is 1.63 bits per heavy atom. The molecule has 0 radical (unpaired) electrons. The maximum atomic E-state index is 5.62. The SMILES string of the molecule is CCc1c(OC)cc(CCP(c2ccccc2)c2ccccc2)cc1OC. The van der Waals surface area contributed by atoms with Gasteiger partial charge < -0.3 is 9.47 Å². The summed E-state index contributed by atoms with van der Waals surface area (Å²) in [6.07, 6.45) is 2.99. The fraction of sp³-hybridized carbons (Fsp3) is 0.250. The van der Waals surface area contributed by atoms with Crippen LogP contribution in [0.5, 0.6) is 11.5 Å². The lowest BCUT2D eigenvalue weighted by molar-refractivity contribution is 0.385. The molecule has 3 aromatic carbocycles. The summed E-state index contributed by atoms with van der Waals surface area (Å²) in [4.78, 5) is 0. The van der Waals surface area contributed by atoms with Crippen molar-refractivity contribution >= 4 is 18.5 Å². The lowest BCUT2D eigenvalue weighted by Gasteiger charge is -2.20. The molecule has 0 N–H and O–H groups in total. The van der Waals surface area contributed by atoms with Crippen molar-refractivity contribution in [2.75, 3.05) is 20.4 Å². The van der Waals surface area contributed by atoms with Crippen molar-refractivity contribution in [2.24, 2.45) is 0 Å². The molecule has 140 valence electrons. The van der Waals surface area contributed by atoms with E-state index < -0.39 is 7.92 Å². The number of rotatable bonds is 8. The van der Waals surface area contributed by atoms with Gasteiger partial charge in [0.25, 0.3) is 0 Å². The first-order chi connectivity index (χ1) is 13.3. The zero-order chi connectivity index (χ0) is 19.1. The maximum Gasteiger partial charge on any atom is 0.126 e. The summed E-state index contributed by atoms with van der Waals surface area (Å²) in [5, 5.41) is 2.84. The molecule has 0 aliphatic rings. The van der Waals surface area contributed by atoms with Crippen molar-refractivity contribution in [3.05, 3.63) is 83.9 Å². The van der Waals surface area contributed by atoms with E-state index in [-0.39, 0.29) is 0 Å². The standard InChI is InChI=1S/C24H27O2P/c1-4-22-23(25-2)17-19(18-24(22)26-3)15-16-27(20-11-7-5-8-12-20)21-13-9-6-10-14-21/h5-14,17-18H,4,15-16H2,1-3H3. The second-order valence-corrected chi connectivity index (χ2v) is 8.74. The first kappa shape index (κ1) is 19.5. The van der Waals surface area contributed by atoms with Crippen molar-refractivity contribution in [1.29, 1.82) is 0 Å². The van der Waals surface area contributed by atoms with E-state index in [1.807, 2.05) is 0 Å². The molecule has 0 spiro atoms. The van der Waals surface area contributed by atoms with Gasteiger partial charge in [0.1, 0.15) is 11.5 Å². The average molecular weight is 378 g/mol. The van der Waals surface area contributed by atoms with Crippen LogP contribution in [0.2, 0.25) is 0 Å². The summed E-state index contributed by atoms with van der Waals surface area (Å²) in [6.45, 7) is 2.13. The molecule has 0 bridgehead atoms. The molecule has 0 heterocycles. The summed E-state index contributed by atoms with van der Waals surface area (Å²) in [5.41, 5.74) is 2.40. The van der Waals surface area contributed by atoms with E-state index in [4.69, 9.17) is 9.47 Å². The van der Waals surface area contributed by atoms with Gasteiger partial charge in [-0.2, -0.15) is 0 Å². The quantitative estimate of drug-likeness (QED) is 0.517. The summed E-state index contributed by atoms with van der Waals surface area (Å²) in [7, 11) is 3.07. The maximum absolute atomic E-state index is 5.62. The molecule has 0 unspecified atom stereocenters. The molecular formula is C24H27O2P. The molecule has 0 aliphatic heterocycles. The molecule has 2 nitrogen and oxygen atoms in total. The lowest BCUT2D eigenvalue weighted by atomic mass is 10.0. The molecule has 0 amide bonds. The van der Waals surface area contributed by atoms with Gasteiger partial charge in [0.15, 0.2) is 0 Å². The summed E-state index contributed by atoms with van der Waals surface area (Å²) < 4.78 is 11.2. The van der Waals surface area contributed by atoms with E-state index in [1.54, 1.807) is 14.2 Å². The predicted molar refractivity (Wildman–Crippen MR) is 117 cm³/mol. The van der Waals surface area contributed by atoms with Crippen LogP contribution in [0.3, 0.4) is 0 Å². The minimum atomic E-state index is -0.395. The van der Waals surface area contributed by atoms with Gasteiger partial charge in [-0.1, -0.05) is 67.6 Å². The van der Waals surface area contributed by atoms with Crippen LogP contribution >= 0.6 is 7.92 Å². The van der Waals surface area contributed by atoms with Crippen molar-refractivity contribution < 1.29 is 9.47 Å². The lowest BCUT2D eigenvalue weighted by Crippen LogP contribution is -2.15. The minimum absolute atomic E-state index is 0.395. The number of benzene rings is 3. The predicted octanol–water partition coefficient (Wildman–Crippen LogP) is 4.94. The van der Waals surface area contributed by atoms with E-state index >= 15 is 0 Å². The van der Waals surface area contributed by atoms with Crippen molar-refractivity contribution in [3.63, 3.8) is 0 Å². The number of hydrogen-bond acceptors (Lipinski definition) is 2. The second kappa shape index (κ2) is 9.58. The van der Waals surface area contributed by atoms with E-state index in [0.717, 1.165) is 36.1 Å². The number of aryl methyl sites for hydroxylation is 1. The summed E-state index contributed by atoms with van der Waals surface area (Å²) >= 11 is 0. The Kier molecular flexibility index (Phi) is 6.90. The third-order valence-electron chi connectivity index (χ3n) is 4.78. The minimum Gasteiger partial charge on any atom is -0.496 e. The number of ether oxygens (including phenoxy) is 2. The topological polar surface area (TPSA) is 18.5 Å². The van der Waals surface area contributed by atoms with E-state index in [1.165, 1.54) is 16.2 Å². The molecule has 0 saturated heterocycles. The van der Waals surface area contributed by atoms with Crippen molar-refractivity contribution in [1.82, 2.24) is 0 Å². The van der Waals surface area contributed by atoms with Crippen LogP contribution in [-0.2, 0) is 12.8 Å². The first-order valence-corrected chi connectivity index (χ1v) is 10.9. The van der Waals surface area contributed by atoms with Gasteiger partial charge in [0.2, 0.25) is 0 Å². The van der Waals surface area contributed by atoms with Gasteiger partial charge >= 0.3 is 0 Å². The molecule has 27 heavy (non-hydrogen) atoms. The van der Waals surface area contributed by atoms with E-state index in [0.29, 0.717) is 0 Å². The van der Waals surface area contributed by atoms with Gasteiger partial charge in [0, 0.05) is 5.56 Å². The molecule has 0 atom stereocenters. The number of methoxy groups -OCH3 is 2. The van der Waals surface area contributed by atoms with Crippen LogP contribution in [0, 0.1) is 0 Å². The largest absolute Gasteiger partial charge is 0.496 e. The van der Waals surface area contributed by atoms with E-state index in [2.05, 4.69) is 79.7 Å². The second-order valence-electron chi connectivity index (χ2n) is 6.41. The fourth-order valence-corrected chi connectivity index (χ4v) is 5.76. The highest BCUT2D eigenvalue weighted by Crippen LogP contribution is 2.36. The highest BCUT2D eigenvalue weighted by atomic mass is 31.1. The zero-order valence-corrected chi connectivity index (χ0v) is 17.2. The Morgan fingerprint density at radius 2 is 1.22 bits per heavy atom. The molecular weight excluding hydrogens is 351 g/mol. The van der Waals surface area contributed by atoms with Gasteiger partial charge in [-0.05, 0) is 55.2 Å². The summed E-state index contributed by atoms with van der Waals surface area (Å²) in [6, 6.07) is 26.1. The highest BCUT2D eigenvalue weighted by Gasteiger charge is 2.15. The Bertz CT molecular complexity index is 782.